The summed E-state index contributed by atoms with van der Waals surface area (Å²) >= 11 is 0. The molecule has 0 saturated carbocycles. The second-order valence-corrected chi connectivity index (χ2v) is 4.42. The zero-order valence-corrected chi connectivity index (χ0v) is 10.3. The van der Waals surface area contributed by atoms with E-state index in [1.54, 1.807) is 6.92 Å². The van der Waals surface area contributed by atoms with E-state index < -0.39 is 0 Å². The Bertz CT molecular complexity index is 361. The van der Waals surface area contributed by atoms with Gasteiger partial charge in [0, 0.05) is 33.1 Å². The maximum Gasteiger partial charge on any atom is 0.219 e. The monoisotopic (exact) mass is 229 g/mol. The molecule has 4 heteroatoms. The third-order valence-electron chi connectivity index (χ3n) is 3.20. The first-order valence-electron chi connectivity index (χ1n) is 6.12. The molecule has 0 aliphatic carbocycles. The van der Waals surface area contributed by atoms with Crippen LogP contribution in [0.5, 0.6) is 0 Å². The van der Waals surface area contributed by atoms with Gasteiger partial charge in [-0.1, -0.05) is 35.8 Å². The normalized spacial score (nSPS) is 16.9. The van der Waals surface area contributed by atoms with E-state index in [0.717, 1.165) is 32.6 Å². The molecule has 0 aromatic heterocycles. The Morgan fingerprint density at radius 3 is 2.41 bits per heavy atom. The Morgan fingerprint density at radius 1 is 1.18 bits per heavy atom. The van der Waals surface area contributed by atoms with E-state index in [0.29, 0.717) is 0 Å². The van der Waals surface area contributed by atoms with Crippen molar-refractivity contribution in [2.24, 2.45) is 0 Å². The van der Waals surface area contributed by atoms with Crippen molar-refractivity contribution in [1.29, 1.82) is 0 Å². The molecule has 1 aromatic rings. The first kappa shape index (κ1) is 12.2. The Balaban J connectivity index is 1.74. The van der Waals surface area contributed by atoms with Crippen molar-refractivity contribution in [2.45, 2.75) is 6.92 Å². The van der Waals surface area contributed by atoms with Gasteiger partial charge in [-0.25, -0.2) is 0 Å². The number of hydrogen-bond donors (Lipinski definition) is 0. The number of carbonyl (C=O) groups excluding carboxylic acids is 1. The zero-order chi connectivity index (χ0) is 12.1. The molecule has 1 amide bonds. The molecule has 0 spiro atoms. The number of piperazine rings is 1. The van der Waals surface area contributed by atoms with Crippen LogP contribution >= 0.6 is 0 Å². The molecule has 1 heterocycles. The van der Waals surface area contributed by atoms with Crippen LogP contribution in [-0.4, -0.2) is 55.6 Å². The Morgan fingerprint density at radius 2 is 1.82 bits per heavy atom. The predicted octanol–water partition coefficient (Wildman–Crippen LogP) is 0.138. The third-order valence-corrected chi connectivity index (χ3v) is 3.20. The van der Waals surface area contributed by atoms with Crippen LogP contribution in [0.1, 0.15) is 6.92 Å². The third kappa shape index (κ3) is 3.60. The first-order valence-corrected chi connectivity index (χ1v) is 6.12. The molecule has 3 nitrogen and oxygen atoms in total. The molecule has 1 aliphatic rings. The molecule has 0 bridgehead atoms. The van der Waals surface area contributed by atoms with Crippen molar-refractivity contribution in [3.63, 3.8) is 0 Å². The number of nitrogens with zero attached hydrogens (tertiary/aromatic N) is 2. The highest BCUT2D eigenvalue weighted by molar-refractivity contribution is 6.53. The molecule has 89 valence electrons. The van der Waals surface area contributed by atoms with Gasteiger partial charge in [0.1, 0.15) is 0 Å². The van der Waals surface area contributed by atoms with Gasteiger partial charge in [-0.3, -0.25) is 4.79 Å². The van der Waals surface area contributed by atoms with Crippen LogP contribution in [0.3, 0.4) is 0 Å². The van der Waals surface area contributed by atoms with E-state index >= 15 is 0 Å². The quantitative estimate of drug-likeness (QED) is 0.688. The Labute approximate surface area is 104 Å². The average Bonchev–Trinajstić information content (AvgIpc) is 2.38. The molecule has 1 fully saturated rings. The van der Waals surface area contributed by atoms with E-state index in [1.165, 1.54) is 5.46 Å². The number of rotatable bonds is 3. The van der Waals surface area contributed by atoms with Crippen LogP contribution in [-0.2, 0) is 4.79 Å². The van der Waals surface area contributed by atoms with Gasteiger partial charge in [-0.15, -0.1) is 0 Å². The van der Waals surface area contributed by atoms with Crippen molar-refractivity contribution in [2.75, 3.05) is 32.6 Å². The highest BCUT2D eigenvalue weighted by atomic mass is 16.2. The molecule has 1 aliphatic heterocycles. The van der Waals surface area contributed by atoms with Crippen molar-refractivity contribution >= 4 is 18.6 Å². The van der Waals surface area contributed by atoms with E-state index in [2.05, 4.69) is 36.4 Å². The van der Waals surface area contributed by atoms with Crippen LogP contribution in [0.15, 0.2) is 30.3 Å². The summed E-state index contributed by atoms with van der Waals surface area (Å²) in [5.41, 5.74) is 1.27. The number of carbonyl (C=O) groups is 1. The van der Waals surface area contributed by atoms with Crippen LogP contribution in [0, 0.1) is 0 Å². The number of benzene rings is 1. The fourth-order valence-corrected chi connectivity index (χ4v) is 2.07. The second kappa shape index (κ2) is 5.87. The lowest BCUT2D eigenvalue weighted by molar-refractivity contribution is -0.130. The van der Waals surface area contributed by atoms with Crippen LogP contribution < -0.4 is 5.46 Å². The molecular formula is C13H18BN2O. The maximum atomic E-state index is 11.2. The van der Waals surface area contributed by atoms with Gasteiger partial charge in [-0.05, 0) is 6.44 Å². The minimum absolute atomic E-state index is 0.191. The maximum absolute atomic E-state index is 11.2. The second-order valence-electron chi connectivity index (χ2n) is 4.42. The molecule has 0 unspecified atom stereocenters. The van der Waals surface area contributed by atoms with Crippen molar-refractivity contribution in [3.05, 3.63) is 30.3 Å². The Hall–Kier alpha value is -1.29. The smallest absolute Gasteiger partial charge is 0.219 e. The van der Waals surface area contributed by atoms with Gasteiger partial charge in [0.05, 0.1) is 0 Å². The molecular weight excluding hydrogens is 211 g/mol. The summed E-state index contributed by atoms with van der Waals surface area (Å²) < 4.78 is 0. The number of amides is 1. The Kier molecular flexibility index (Phi) is 4.21. The largest absolute Gasteiger partial charge is 0.340 e. The lowest BCUT2D eigenvalue weighted by Crippen LogP contribution is -2.49. The lowest BCUT2D eigenvalue weighted by atomic mass is 9.70. The van der Waals surface area contributed by atoms with Gasteiger partial charge in [-0.2, -0.15) is 0 Å². The molecule has 0 atom stereocenters. The predicted molar refractivity (Wildman–Crippen MR) is 70.5 cm³/mol. The highest BCUT2D eigenvalue weighted by Crippen LogP contribution is 2.00. The first-order chi connectivity index (χ1) is 8.25. The standard InChI is InChI=1S/C13H18BN2O/c1-12(17)16-9-7-15(8-10-16)11-14-13-5-3-2-4-6-13/h2-6H,7-11H2,1H3. The van der Waals surface area contributed by atoms with E-state index in [4.69, 9.17) is 0 Å². The fraction of sp³-hybridized carbons (Fsp3) is 0.462. The molecule has 0 N–H and O–H groups in total. The summed E-state index contributed by atoms with van der Waals surface area (Å²) in [6, 6.07) is 10.4. The molecule has 1 aromatic carbocycles. The molecule has 17 heavy (non-hydrogen) atoms. The summed E-state index contributed by atoms with van der Waals surface area (Å²) in [4.78, 5) is 15.5. The van der Waals surface area contributed by atoms with Crippen LogP contribution in [0.4, 0.5) is 0 Å². The average molecular weight is 229 g/mol. The summed E-state index contributed by atoms with van der Waals surface area (Å²) in [6.45, 7) is 5.31. The van der Waals surface area contributed by atoms with Crippen LogP contribution in [0.2, 0.25) is 0 Å². The minimum Gasteiger partial charge on any atom is -0.340 e. The van der Waals surface area contributed by atoms with E-state index in [9.17, 15) is 4.79 Å². The van der Waals surface area contributed by atoms with Crippen molar-refractivity contribution in [1.82, 2.24) is 9.80 Å². The summed E-state index contributed by atoms with van der Waals surface area (Å²) in [7, 11) is 2.24. The van der Waals surface area contributed by atoms with E-state index in [-0.39, 0.29) is 5.91 Å². The van der Waals surface area contributed by atoms with Gasteiger partial charge in [0.25, 0.3) is 0 Å². The van der Waals surface area contributed by atoms with Crippen molar-refractivity contribution < 1.29 is 4.79 Å². The summed E-state index contributed by atoms with van der Waals surface area (Å²) in [6.07, 6.45) is 0.968. The van der Waals surface area contributed by atoms with Gasteiger partial charge < -0.3 is 9.80 Å². The number of hydrogen-bond acceptors (Lipinski definition) is 2. The molecule has 1 saturated heterocycles. The lowest BCUT2D eigenvalue weighted by Gasteiger charge is -2.34. The molecule has 1 radical (unpaired) electrons. The minimum atomic E-state index is 0.191. The van der Waals surface area contributed by atoms with Gasteiger partial charge >= 0.3 is 0 Å². The van der Waals surface area contributed by atoms with Crippen molar-refractivity contribution in [3.8, 4) is 0 Å². The summed E-state index contributed by atoms with van der Waals surface area (Å²) in [5, 5.41) is 0. The van der Waals surface area contributed by atoms with E-state index in [1.807, 2.05) is 11.0 Å². The van der Waals surface area contributed by atoms with Crippen LogP contribution in [0.25, 0.3) is 0 Å². The summed E-state index contributed by atoms with van der Waals surface area (Å²) in [5.74, 6) is 0.191. The zero-order valence-electron chi connectivity index (χ0n) is 10.3. The highest BCUT2D eigenvalue weighted by Gasteiger charge is 2.17. The molecule has 2 rings (SSSR count). The van der Waals surface area contributed by atoms with Gasteiger partial charge in [0.2, 0.25) is 5.91 Å². The fourth-order valence-electron chi connectivity index (χ4n) is 2.07. The SMILES string of the molecule is CC(=O)N1CCN(C[B]c2ccccc2)CC1. The van der Waals surface area contributed by atoms with Gasteiger partial charge in [0.15, 0.2) is 7.28 Å². The topological polar surface area (TPSA) is 23.6 Å².